The predicted molar refractivity (Wildman–Crippen MR) is 79.5 cm³/mol. The third-order valence-electron chi connectivity index (χ3n) is 4.50. The molecule has 4 rings (SSSR count). The largest absolute Gasteiger partial charge is 0.504 e. The van der Waals surface area contributed by atoms with Crippen LogP contribution in [0.2, 0.25) is 0 Å². The van der Waals surface area contributed by atoms with Gasteiger partial charge in [-0.3, -0.25) is 4.90 Å². The number of ether oxygens (including phenoxy) is 1. The Hall–Kier alpha value is -1.52. The van der Waals surface area contributed by atoms with Gasteiger partial charge in [0.15, 0.2) is 11.5 Å². The van der Waals surface area contributed by atoms with E-state index in [9.17, 15) is 5.11 Å². The van der Waals surface area contributed by atoms with Crippen LogP contribution in [0.1, 0.15) is 27.6 Å². The topological polar surface area (TPSA) is 32.7 Å². The Morgan fingerprint density at radius 3 is 3.10 bits per heavy atom. The molecule has 0 radical (unpaired) electrons. The Balaban J connectivity index is 1.78. The highest BCUT2D eigenvalue weighted by atomic mass is 32.1. The van der Waals surface area contributed by atoms with E-state index in [-0.39, 0.29) is 5.75 Å². The van der Waals surface area contributed by atoms with E-state index >= 15 is 0 Å². The molecular weight excluding hydrogens is 270 g/mol. The van der Waals surface area contributed by atoms with Gasteiger partial charge in [0.05, 0.1) is 7.11 Å². The molecule has 1 aromatic heterocycles. The molecule has 0 fully saturated rings. The number of benzene rings is 1. The van der Waals surface area contributed by atoms with Crippen LogP contribution in [0.25, 0.3) is 0 Å². The summed E-state index contributed by atoms with van der Waals surface area (Å²) >= 11 is 1.85. The van der Waals surface area contributed by atoms with Gasteiger partial charge in [-0.25, -0.2) is 0 Å². The summed E-state index contributed by atoms with van der Waals surface area (Å²) in [6, 6.07) is 6.56. The van der Waals surface area contributed by atoms with Crippen molar-refractivity contribution in [3.8, 4) is 11.5 Å². The molecule has 1 unspecified atom stereocenters. The van der Waals surface area contributed by atoms with E-state index in [0.29, 0.717) is 11.8 Å². The molecule has 0 amide bonds. The zero-order chi connectivity index (χ0) is 13.7. The Morgan fingerprint density at radius 1 is 1.35 bits per heavy atom. The van der Waals surface area contributed by atoms with Crippen molar-refractivity contribution in [2.75, 3.05) is 13.7 Å². The van der Waals surface area contributed by atoms with Crippen molar-refractivity contribution in [3.05, 3.63) is 45.1 Å². The van der Waals surface area contributed by atoms with Gasteiger partial charge in [0.1, 0.15) is 0 Å². The average Bonchev–Trinajstić information content (AvgIpc) is 2.91. The summed E-state index contributed by atoms with van der Waals surface area (Å²) in [5.74, 6) is 0.842. The maximum Gasteiger partial charge on any atom is 0.160 e. The number of nitrogens with zero attached hydrogens (tertiary/aromatic N) is 1. The first-order chi connectivity index (χ1) is 9.76. The van der Waals surface area contributed by atoms with E-state index in [1.165, 1.54) is 21.6 Å². The van der Waals surface area contributed by atoms with Crippen molar-refractivity contribution in [1.82, 2.24) is 4.90 Å². The summed E-state index contributed by atoms with van der Waals surface area (Å²) in [4.78, 5) is 4.03. The van der Waals surface area contributed by atoms with Crippen LogP contribution in [-0.4, -0.2) is 23.7 Å². The molecule has 0 saturated carbocycles. The highest BCUT2D eigenvalue weighted by Gasteiger charge is 2.33. The van der Waals surface area contributed by atoms with Gasteiger partial charge in [-0.2, -0.15) is 0 Å². The lowest BCUT2D eigenvalue weighted by atomic mass is 9.87. The Labute approximate surface area is 122 Å². The quantitative estimate of drug-likeness (QED) is 0.874. The number of aromatic hydroxyl groups is 1. The molecule has 1 N–H and O–H groups in total. The van der Waals surface area contributed by atoms with Gasteiger partial charge in [-0.05, 0) is 46.7 Å². The van der Waals surface area contributed by atoms with Gasteiger partial charge in [0.25, 0.3) is 0 Å². The molecule has 2 aliphatic rings. The van der Waals surface area contributed by atoms with Gasteiger partial charge < -0.3 is 9.84 Å². The summed E-state index contributed by atoms with van der Waals surface area (Å²) < 4.78 is 5.23. The van der Waals surface area contributed by atoms with Gasteiger partial charge in [-0.15, -0.1) is 11.3 Å². The first kappa shape index (κ1) is 12.2. The third kappa shape index (κ3) is 1.75. The first-order valence-corrected chi connectivity index (χ1v) is 7.83. The molecule has 0 bridgehead atoms. The number of hydrogen-bond acceptors (Lipinski definition) is 4. The summed E-state index contributed by atoms with van der Waals surface area (Å²) in [7, 11) is 1.61. The number of hydrogen-bond donors (Lipinski definition) is 1. The summed E-state index contributed by atoms with van der Waals surface area (Å²) in [5.41, 5.74) is 4.07. The molecule has 2 aliphatic heterocycles. The molecule has 104 valence electrons. The zero-order valence-electron chi connectivity index (χ0n) is 11.4. The highest BCUT2D eigenvalue weighted by molar-refractivity contribution is 7.10. The number of phenols is 1. The number of phenolic OH excluding ortho intramolecular Hbond substituents is 1. The summed E-state index contributed by atoms with van der Waals surface area (Å²) in [6.45, 7) is 2.12. The SMILES string of the molecule is COc1cc2c(cc1O)C1Cc3sccc3CN1CC2. The lowest BCUT2D eigenvalue weighted by Crippen LogP contribution is -2.38. The molecular formula is C16H17NO2S. The van der Waals surface area contributed by atoms with E-state index in [0.717, 1.165) is 25.9 Å². The van der Waals surface area contributed by atoms with Crippen molar-refractivity contribution in [3.63, 3.8) is 0 Å². The fourth-order valence-electron chi connectivity index (χ4n) is 3.44. The lowest BCUT2D eigenvalue weighted by Gasteiger charge is -2.40. The van der Waals surface area contributed by atoms with Crippen LogP contribution in [0.4, 0.5) is 0 Å². The summed E-state index contributed by atoms with van der Waals surface area (Å²) in [6.07, 6.45) is 2.09. The van der Waals surface area contributed by atoms with E-state index in [4.69, 9.17) is 4.74 Å². The lowest BCUT2D eigenvalue weighted by molar-refractivity contribution is 0.162. The normalized spacial score (nSPS) is 20.9. The van der Waals surface area contributed by atoms with E-state index < -0.39 is 0 Å². The minimum Gasteiger partial charge on any atom is -0.504 e. The van der Waals surface area contributed by atoms with Gasteiger partial charge >= 0.3 is 0 Å². The standard InChI is InChI=1S/C16H17NO2S/c1-19-15-6-10-2-4-17-9-11-3-5-20-16(11)8-13(17)12(10)7-14(15)18/h3,5-7,13,18H,2,4,8-9H2,1H3. The molecule has 0 saturated heterocycles. The number of methoxy groups -OCH3 is 1. The van der Waals surface area contributed by atoms with Crippen LogP contribution in [-0.2, 0) is 19.4 Å². The second-order valence-electron chi connectivity index (χ2n) is 5.53. The zero-order valence-corrected chi connectivity index (χ0v) is 12.2. The van der Waals surface area contributed by atoms with Crippen LogP contribution in [0, 0.1) is 0 Å². The van der Waals surface area contributed by atoms with Gasteiger partial charge in [-0.1, -0.05) is 0 Å². The Bertz CT molecular complexity index is 664. The van der Waals surface area contributed by atoms with Crippen LogP contribution in [0.5, 0.6) is 11.5 Å². The molecule has 2 aromatic rings. The Morgan fingerprint density at radius 2 is 2.25 bits per heavy atom. The van der Waals surface area contributed by atoms with Crippen molar-refractivity contribution in [2.24, 2.45) is 0 Å². The molecule has 0 aliphatic carbocycles. The first-order valence-electron chi connectivity index (χ1n) is 6.95. The minimum atomic E-state index is 0.255. The van der Waals surface area contributed by atoms with E-state index in [1.807, 2.05) is 23.5 Å². The molecule has 4 heteroatoms. The van der Waals surface area contributed by atoms with Crippen molar-refractivity contribution in [2.45, 2.75) is 25.4 Å². The van der Waals surface area contributed by atoms with Crippen LogP contribution < -0.4 is 4.74 Å². The predicted octanol–water partition coefficient (Wildman–Crippen LogP) is 3.12. The summed E-state index contributed by atoms with van der Waals surface area (Å²) in [5, 5.41) is 12.3. The van der Waals surface area contributed by atoms with E-state index in [2.05, 4.69) is 16.3 Å². The van der Waals surface area contributed by atoms with Crippen molar-refractivity contribution < 1.29 is 9.84 Å². The van der Waals surface area contributed by atoms with E-state index in [1.54, 1.807) is 7.11 Å². The molecule has 0 spiro atoms. The van der Waals surface area contributed by atoms with Crippen LogP contribution in [0.3, 0.4) is 0 Å². The number of fused-ring (bicyclic) bond motifs is 4. The second-order valence-corrected chi connectivity index (χ2v) is 6.53. The van der Waals surface area contributed by atoms with Gasteiger partial charge in [0, 0.05) is 30.4 Å². The molecule has 3 nitrogen and oxygen atoms in total. The fraction of sp³-hybridized carbons (Fsp3) is 0.375. The maximum atomic E-state index is 10.1. The second kappa shape index (κ2) is 4.50. The smallest absolute Gasteiger partial charge is 0.160 e. The molecule has 1 atom stereocenters. The monoisotopic (exact) mass is 287 g/mol. The molecule has 3 heterocycles. The van der Waals surface area contributed by atoms with Crippen molar-refractivity contribution >= 4 is 11.3 Å². The van der Waals surface area contributed by atoms with Gasteiger partial charge in [0.2, 0.25) is 0 Å². The maximum absolute atomic E-state index is 10.1. The molecule has 20 heavy (non-hydrogen) atoms. The third-order valence-corrected chi connectivity index (χ3v) is 5.48. The number of thiophene rings is 1. The van der Waals surface area contributed by atoms with Crippen LogP contribution >= 0.6 is 11.3 Å². The van der Waals surface area contributed by atoms with Crippen LogP contribution in [0.15, 0.2) is 23.6 Å². The minimum absolute atomic E-state index is 0.255. The van der Waals surface area contributed by atoms with Crippen molar-refractivity contribution in [1.29, 1.82) is 0 Å². The fourth-order valence-corrected chi connectivity index (χ4v) is 4.38. The number of rotatable bonds is 1. The highest BCUT2D eigenvalue weighted by Crippen LogP contribution is 2.42. The molecule has 1 aromatic carbocycles. The average molecular weight is 287 g/mol. The Kier molecular flexibility index (Phi) is 2.75.